The first-order valence-electron chi connectivity index (χ1n) is 8.60. The lowest BCUT2D eigenvalue weighted by atomic mass is 10.0. The van der Waals surface area contributed by atoms with E-state index in [0.717, 1.165) is 5.56 Å². The Kier molecular flexibility index (Phi) is 7.48. The SMILES string of the molecule is CC(C)[C@@H](NC(=O)Nc1ccccc1)C(=O)NCCc1cccc(Cl)c1. The van der Waals surface area contributed by atoms with Crippen molar-refractivity contribution < 1.29 is 9.59 Å². The van der Waals surface area contributed by atoms with Crippen LogP contribution < -0.4 is 16.0 Å². The van der Waals surface area contributed by atoms with Crippen LogP contribution in [-0.4, -0.2) is 24.5 Å². The van der Waals surface area contributed by atoms with Crippen molar-refractivity contribution in [1.29, 1.82) is 0 Å². The van der Waals surface area contributed by atoms with Crippen LogP contribution in [0.1, 0.15) is 19.4 Å². The molecule has 2 aromatic rings. The number of carbonyl (C=O) groups is 2. The molecule has 0 aliphatic heterocycles. The van der Waals surface area contributed by atoms with Gasteiger partial charge >= 0.3 is 6.03 Å². The molecule has 0 heterocycles. The number of hydrogen-bond donors (Lipinski definition) is 3. The number of urea groups is 1. The molecule has 2 rings (SSSR count). The number of nitrogens with one attached hydrogen (secondary N) is 3. The summed E-state index contributed by atoms with van der Waals surface area (Å²) in [6.45, 7) is 4.26. The molecule has 26 heavy (non-hydrogen) atoms. The van der Waals surface area contributed by atoms with Crippen molar-refractivity contribution >= 4 is 29.2 Å². The highest BCUT2D eigenvalue weighted by molar-refractivity contribution is 6.30. The summed E-state index contributed by atoms with van der Waals surface area (Å²) in [5, 5.41) is 9.02. The monoisotopic (exact) mass is 373 g/mol. The Bertz CT molecular complexity index is 735. The average Bonchev–Trinajstić information content (AvgIpc) is 2.60. The first-order valence-corrected chi connectivity index (χ1v) is 8.98. The third-order valence-electron chi connectivity index (χ3n) is 3.87. The van der Waals surface area contributed by atoms with E-state index in [1.54, 1.807) is 12.1 Å². The zero-order chi connectivity index (χ0) is 18.9. The number of rotatable bonds is 7. The lowest BCUT2D eigenvalue weighted by Crippen LogP contribution is -2.51. The maximum Gasteiger partial charge on any atom is 0.319 e. The molecule has 0 spiro atoms. The van der Waals surface area contributed by atoms with E-state index in [0.29, 0.717) is 23.7 Å². The molecule has 3 amide bonds. The molecule has 0 saturated heterocycles. The molecule has 0 aliphatic carbocycles. The fourth-order valence-electron chi connectivity index (χ4n) is 2.50. The van der Waals surface area contributed by atoms with Gasteiger partial charge in [-0.2, -0.15) is 0 Å². The topological polar surface area (TPSA) is 70.2 Å². The number of halogens is 1. The second-order valence-electron chi connectivity index (χ2n) is 6.36. The number of hydrogen-bond acceptors (Lipinski definition) is 2. The van der Waals surface area contributed by atoms with Crippen molar-refractivity contribution in [3.63, 3.8) is 0 Å². The van der Waals surface area contributed by atoms with Crippen LogP contribution in [0.3, 0.4) is 0 Å². The molecule has 0 aromatic heterocycles. The summed E-state index contributed by atoms with van der Waals surface area (Å²) in [5.41, 5.74) is 1.72. The maximum atomic E-state index is 12.5. The summed E-state index contributed by atoms with van der Waals surface area (Å²) in [6, 6.07) is 15.6. The Morgan fingerprint density at radius 3 is 2.42 bits per heavy atom. The highest BCUT2D eigenvalue weighted by Gasteiger charge is 2.23. The molecule has 1 atom stereocenters. The van der Waals surface area contributed by atoms with Gasteiger partial charge in [0.05, 0.1) is 0 Å². The van der Waals surface area contributed by atoms with Gasteiger partial charge < -0.3 is 16.0 Å². The molecule has 3 N–H and O–H groups in total. The van der Waals surface area contributed by atoms with Crippen LogP contribution in [0, 0.1) is 5.92 Å². The first kappa shape index (κ1) is 19.8. The van der Waals surface area contributed by atoms with Crippen LogP contribution in [0.25, 0.3) is 0 Å². The molecular formula is C20H24ClN3O2. The number of benzene rings is 2. The molecule has 0 radical (unpaired) electrons. The maximum absolute atomic E-state index is 12.5. The van der Waals surface area contributed by atoms with Gasteiger partial charge in [0.2, 0.25) is 5.91 Å². The van der Waals surface area contributed by atoms with Crippen molar-refractivity contribution in [3.05, 3.63) is 65.2 Å². The summed E-state index contributed by atoms with van der Waals surface area (Å²) in [4.78, 5) is 24.6. The number of para-hydroxylation sites is 1. The Labute approximate surface area is 159 Å². The summed E-state index contributed by atoms with van der Waals surface area (Å²) in [5.74, 6) is -0.243. The Morgan fingerprint density at radius 1 is 1.04 bits per heavy atom. The van der Waals surface area contributed by atoms with Gasteiger partial charge in [0.25, 0.3) is 0 Å². The second-order valence-corrected chi connectivity index (χ2v) is 6.79. The van der Waals surface area contributed by atoms with Crippen LogP contribution in [0.5, 0.6) is 0 Å². The van der Waals surface area contributed by atoms with Crippen molar-refractivity contribution in [3.8, 4) is 0 Å². The van der Waals surface area contributed by atoms with Gasteiger partial charge in [-0.1, -0.05) is 55.8 Å². The minimum Gasteiger partial charge on any atom is -0.354 e. The highest BCUT2D eigenvalue weighted by atomic mass is 35.5. The van der Waals surface area contributed by atoms with E-state index in [9.17, 15) is 9.59 Å². The largest absolute Gasteiger partial charge is 0.354 e. The van der Waals surface area contributed by atoms with Crippen LogP contribution in [0.15, 0.2) is 54.6 Å². The number of carbonyl (C=O) groups excluding carboxylic acids is 2. The molecule has 2 aromatic carbocycles. The zero-order valence-corrected chi connectivity index (χ0v) is 15.7. The summed E-state index contributed by atoms with van der Waals surface area (Å²) in [6.07, 6.45) is 0.674. The minimum atomic E-state index is -0.613. The van der Waals surface area contributed by atoms with Gasteiger partial charge in [-0.15, -0.1) is 0 Å². The van der Waals surface area contributed by atoms with Crippen LogP contribution >= 0.6 is 11.6 Å². The Hall–Kier alpha value is -2.53. The molecule has 5 nitrogen and oxygen atoms in total. The Morgan fingerprint density at radius 2 is 1.77 bits per heavy atom. The fourth-order valence-corrected chi connectivity index (χ4v) is 2.71. The van der Waals surface area contributed by atoms with Crippen LogP contribution in [-0.2, 0) is 11.2 Å². The van der Waals surface area contributed by atoms with Gasteiger partial charge in [-0.05, 0) is 42.2 Å². The molecule has 0 saturated carbocycles. The smallest absolute Gasteiger partial charge is 0.319 e. The van der Waals surface area contributed by atoms with E-state index in [1.165, 1.54) is 0 Å². The minimum absolute atomic E-state index is 0.0392. The fraction of sp³-hybridized carbons (Fsp3) is 0.300. The zero-order valence-electron chi connectivity index (χ0n) is 15.0. The number of amides is 3. The molecular weight excluding hydrogens is 350 g/mol. The van der Waals surface area contributed by atoms with E-state index in [4.69, 9.17) is 11.6 Å². The standard InChI is InChI=1S/C20H24ClN3O2/c1-14(2)18(24-20(26)23-17-9-4-3-5-10-17)19(25)22-12-11-15-7-6-8-16(21)13-15/h3-10,13-14,18H,11-12H2,1-2H3,(H,22,25)(H2,23,24,26)/t18-/m1/s1. The van der Waals surface area contributed by atoms with Gasteiger partial charge in [0, 0.05) is 17.3 Å². The first-order chi connectivity index (χ1) is 12.5. The van der Waals surface area contributed by atoms with Crippen molar-refractivity contribution in [2.75, 3.05) is 11.9 Å². The Balaban J connectivity index is 1.85. The van der Waals surface area contributed by atoms with Crippen LogP contribution in [0.2, 0.25) is 5.02 Å². The number of anilines is 1. The molecule has 0 bridgehead atoms. The lowest BCUT2D eigenvalue weighted by Gasteiger charge is -2.22. The van der Waals surface area contributed by atoms with Gasteiger partial charge in [0.1, 0.15) is 6.04 Å². The molecule has 0 aliphatic rings. The molecule has 138 valence electrons. The summed E-state index contributed by atoms with van der Waals surface area (Å²) >= 11 is 5.96. The van der Waals surface area contributed by atoms with Crippen molar-refractivity contribution in [2.45, 2.75) is 26.3 Å². The van der Waals surface area contributed by atoms with Gasteiger partial charge in [-0.25, -0.2) is 4.79 Å². The highest BCUT2D eigenvalue weighted by Crippen LogP contribution is 2.11. The van der Waals surface area contributed by atoms with E-state index in [-0.39, 0.29) is 11.8 Å². The molecule has 0 unspecified atom stereocenters. The normalized spacial score (nSPS) is 11.7. The molecule has 6 heteroatoms. The lowest BCUT2D eigenvalue weighted by molar-refractivity contribution is -0.123. The molecule has 0 fully saturated rings. The van der Waals surface area contributed by atoms with E-state index in [1.807, 2.05) is 56.3 Å². The third kappa shape index (κ3) is 6.41. The van der Waals surface area contributed by atoms with E-state index < -0.39 is 12.1 Å². The second kappa shape index (κ2) is 9.82. The van der Waals surface area contributed by atoms with Gasteiger partial charge in [0.15, 0.2) is 0 Å². The van der Waals surface area contributed by atoms with Crippen molar-refractivity contribution in [2.24, 2.45) is 5.92 Å². The predicted molar refractivity (Wildman–Crippen MR) is 105 cm³/mol. The average molecular weight is 374 g/mol. The van der Waals surface area contributed by atoms with Crippen LogP contribution in [0.4, 0.5) is 10.5 Å². The third-order valence-corrected chi connectivity index (χ3v) is 4.10. The summed E-state index contributed by atoms with van der Waals surface area (Å²) in [7, 11) is 0. The van der Waals surface area contributed by atoms with E-state index in [2.05, 4.69) is 16.0 Å². The quantitative estimate of drug-likeness (QED) is 0.690. The predicted octanol–water partition coefficient (Wildman–Crippen LogP) is 3.85. The van der Waals surface area contributed by atoms with Crippen molar-refractivity contribution in [1.82, 2.24) is 10.6 Å². The van der Waals surface area contributed by atoms with E-state index >= 15 is 0 Å². The summed E-state index contributed by atoms with van der Waals surface area (Å²) < 4.78 is 0. The van der Waals surface area contributed by atoms with Gasteiger partial charge in [-0.3, -0.25) is 4.79 Å².